The molecule has 0 heterocycles. The highest BCUT2D eigenvalue weighted by Crippen LogP contribution is 2.43. The Balaban J connectivity index is 4.38. The highest BCUT2D eigenvalue weighted by molar-refractivity contribution is 7.47. The highest BCUT2D eigenvalue weighted by atomic mass is 31.2. The van der Waals surface area contributed by atoms with Gasteiger partial charge in [0.1, 0.15) is 12.2 Å². The molecule has 3 unspecified atom stereocenters. The number of hydrogen-bond donors (Lipinski definition) is 3. The summed E-state index contributed by atoms with van der Waals surface area (Å²) in [7, 11) is -4.55. The average molecular weight is 765 g/mol. The molecule has 0 radical (unpaired) electrons. The zero-order chi connectivity index (χ0) is 38.9. The fourth-order valence-corrected chi connectivity index (χ4v) is 5.60. The van der Waals surface area contributed by atoms with Crippen LogP contribution in [0.15, 0.2) is 85.1 Å². The molecule has 0 aromatic rings. The first kappa shape index (κ1) is 50.6. The maximum atomic E-state index is 12.5. The molecule has 0 rings (SSSR count). The van der Waals surface area contributed by atoms with Gasteiger partial charge in [-0.15, -0.1) is 0 Å². The molecule has 0 aromatic heterocycles. The molecule has 0 saturated carbocycles. The van der Waals surface area contributed by atoms with Crippen LogP contribution in [0.3, 0.4) is 0 Å². The number of rotatable bonds is 37. The number of allylic oxidation sites excluding steroid dienone is 13. The number of carbonyl (C=O) groups excluding carboxylic acids is 1. The Morgan fingerprint density at radius 3 is 1.62 bits per heavy atom. The number of unbranched alkanes of at least 4 members (excludes halogenated alkanes) is 10. The minimum absolute atomic E-state index is 0.00292. The Bertz CT molecular complexity index is 1090. The van der Waals surface area contributed by atoms with Crippen LogP contribution in [0, 0.1) is 0 Å². The second-order valence-corrected chi connectivity index (χ2v) is 14.4. The lowest BCUT2D eigenvalue weighted by Gasteiger charge is -2.20. The summed E-state index contributed by atoms with van der Waals surface area (Å²) in [4.78, 5) is 22.4. The summed E-state index contributed by atoms with van der Waals surface area (Å²) >= 11 is 0. The van der Waals surface area contributed by atoms with Crippen molar-refractivity contribution in [3.05, 3.63) is 85.1 Å². The van der Waals surface area contributed by atoms with Crippen molar-refractivity contribution in [1.82, 2.24) is 0 Å². The first-order valence-corrected chi connectivity index (χ1v) is 21.6. The van der Waals surface area contributed by atoms with E-state index in [1.807, 2.05) is 12.2 Å². The van der Waals surface area contributed by atoms with E-state index in [4.69, 9.17) is 23.6 Å². The van der Waals surface area contributed by atoms with Crippen LogP contribution in [0.2, 0.25) is 0 Å². The molecule has 0 fully saturated rings. The zero-order valence-electron chi connectivity index (χ0n) is 32.9. The van der Waals surface area contributed by atoms with Crippen molar-refractivity contribution in [2.45, 2.75) is 148 Å². The topological polar surface area (TPSA) is 132 Å². The van der Waals surface area contributed by atoms with Crippen LogP contribution in [0.5, 0.6) is 0 Å². The summed E-state index contributed by atoms with van der Waals surface area (Å²) in [5.41, 5.74) is 0. The van der Waals surface area contributed by atoms with Gasteiger partial charge >= 0.3 is 13.8 Å². The van der Waals surface area contributed by atoms with Crippen LogP contribution in [0.1, 0.15) is 136 Å². The Morgan fingerprint density at radius 1 is 0.604 bits per heavy atom. The molecule has 10 heteroatoms. The van der Waals surface area contributed by atoms with Gasteiger partial charge in [0.2, 0.25) is 0 Å². The predicted octanol–water partition coefficient (Wildman–Crippen LogP) is 10.7. The number of ether oxygens (including phenoxy) is 2. The molecule has 0 saturated heterocycles. The summed E-state index contributed by atoms with van der Waals surface area (Å²) in [6, 6.07) is 0. The van der Waals surface area contributed by atoms with Gasteiger partial charge in [-0.2, -0.15) is 0 Å². The SMILES string of the molecule is CC/C=C\C/C=C\C/C=C\C/C=C\C/C=C\CC(=O)OC(COCCCCCCCC/C=C\C/C=C\CCCCCC)COP(=O)(O)OCC(O)CO. The molecule has 0 amide bonds. The number of phosphoric acid groups is 1. The largest absolute Gasteiger partial charge is 0.472 e. The molecule has 0 aliphatic carbocycles. The molecule has 304 valence electrons. The molecule has 0 aliphatic heterocycles. The monoisotopic (exact) mass is 764 g/mol. The maximum absolute atomic E-state index is 12.5. The lowest BCUT2D eigenvalue weighted by atomic mass is 10.1. The normalized spacial score (nSPS) is 15.0. The fourth-order valence-electron chi connectivity index (χ4n) is 4.81. The fraction of sp³-hybridized carbons (Fsp3) is 0.651. The van der Waals surface area contributed by atoms with E-state index >= 15 is 0 Å². The number of esters is 1. The number of aliphatic hydroxyl groups is 2. The summed E-state index contributed by atoms with van der Waals surface area (Å²) in [6.45, 7) is 3.19. The Kier molecular flexibility index (Phi) is 37.6. The Hall–Kier alpha value is -2.36. The van der Waals surface area contributed by atoms with Crippen molar-refractivity contribution < 1.29 is 43.0 Å². The van der Waals surface area contributed by atoms with Crippen molar-refractivity contribution >= 4 is 13.8 Å². The van der Waals surface area contributed by atoms with Crippen LogP contribution in [-0.4, -0.2) is 66.3 Å². The van der Waals surface area contributed by atoms with Crippen LogP contribution in [-0.2, 0) is 27.9 Å². The molecular formula is C43H73O9P. The van der Waals surface area contributed by atoms with Crippen molar-refractivity contribution in [3.8, 4) is 0 Å². The minimum atomic E-state index is -4.55. The van der Waals surface area contributed by atoms with Gasteiger partial charge in [-0.05, 0) is 70.6 Å². The number of aliphatic hydroxyl groups excluding tert-OH is 2. The maximum Gasteiger partial charge on any atom is 0.472 e. The molecule has 3 N–H and O–H groups in total. The molecule has 53 heavy (non-hydrogen) atoms. The van der Waals surface area contributed by atoms with E-state index in [1.165, 1.54) is 51.4 Å². The van der Waals surface area contributed by atoms with Crippen LogP contribution >= 0.6 is 7.82 Å². The molecular weight excluding hydrogens is 691 g/mol. The van der Waals surface area contributed by atoms with Crippen molar-refractivity contribution in [1.29, 1.82) is 0 Å². The third-order valence-electron chi connectivity index (χ3n) is 7.85. The van der Waals surface area contributed by atoms with E-state index in [9.17, 15) is 19.4 Å². The van der Waals surface area contributed by atoms with E-state index in [-0.39, 0.29) is 13.0 Å². The minimum Gasteiger partial charge on any atom is -0.457 e. The van der Waals surface area contributed by atoms with E-state index < -0.39 is 45.8 Å². The Labute approximate surface area is 322 Å². The molecule has 0 aliphatic rings. The van der Waals surface area contributed by atoms with Gasteiger partial charge in [-0.1, -0.05) is 144 Å². The van der Waals surface area contributed by atoms with Gasteiger partial charge in [0.15, 0.2) is 0 Å². The first-order chi connectivity index (χ1) is 25.8. The van der Waals surface area contributed by atoms with E-state index in [0.29, 0.717) is 13.0 Å². The summed E-state index contributed by atoms with van der Waals surface area (Å²) in [5.74, 6) is -0.517. The quantitative estimate of drug-likeness (QED) is 0.0245. The molecule has 0 spiro atoms. The standard InChI is InChI=1S/C43H73O9P/c1-3-5-7-9-11-13-15-17-19-20-22-24-26-28-30-32-34-36-49-39-42(40-51-53(47,48)50-38-41(45)37-44)52-43(46)35-33-31-29-27-25-23-21-18-16-14-12-10-8-6-4-2/h6,8,12-15,18-21,25,27,31,33,41-42,44-45H,3-5,7,9-11,16-17,22-24,26,28-30,32,34-40H2,1-2H3,(H,47,48)/b8-6-,14-12-,15-13-,20-19-,21-18-,27-25-,33-31-. The first-order valence-electron chi connectivity index (χ1n) is 20.1. The van der Waals surface area contributed by atoms with E-state index in [1.54, 1.807) is 6.08 Å². The van der Waals surface area contributed by atoms with Crippen LogP contribution in [0.4, 0.5) is 0 Å². The zero-order valence-corrected chi connectivity index (χ0v) is 33.8. The van der Waals surface area contributed by atoms with Gasteiger partial charge in [0, 0.05) is 6.61 Å². The number of phosphoric ester groups is 1. The summed E-state index contributed by atoms with van der Waals surface area (Å²) in [5, 5.41) is 18.3. The third-order valence-corrected chi connectivity index (χ3v) is 8.80. The second kappa shape index (κ2) is 39.3. The van der Waals surface area contributed by atoms with E-state index in [0.717, 1.165) is 57.8 Å². The van der Waals surface area contributed by atoms with Crippen LogP contribution < -0.4 is 0 Å². The van der Waals surface area contributed by atoms with E-state index in [2.05, 4.69) is 80.7 Å². The average Bonchev–Trinajstić information content (AvgIpc) is 3.15. The smallest absolute Gasteiger partial charge is 0.457 e. The van der Waals surface area contributed by atoms with Gasteiger partial charge in [-0.25, -0.2) is 4.57 Å². The molecule has 0 bridgehead atoms. The predicted molar refractivity (Wildman–Crippen MR) is 219 cm³/mol. The lowest BCUT2D eigenvalue weighted by Crippen LogP contribution is -2.28. The van der Waals surface area contributed by atoms with Gasteiger partial charge in [-0.3, -0.25) is 13.8 Å². The Morgan fingerprint density at radius 2 is 1.08 bits per heavy atom. The molecule has 3 atom stereocenters. The summed E-state index contributed by atoms with van der Waals surface area (Å²) in [6.07, 6.45) is 47.1. The van der Waals surface area contributed by atoms with Gasteiger partial charge in [0.05, 0.1) is 32.8 Å². The molecule has 0 aromatic carbocycles. The van der Waals surface area contributed by atoms with Crippen molar-refractivity contribution in [2.24, 2.45) is 0 Å². The van der Waals surface area contributed by atoms with Gasteiger partial charge < -0.3 is 24.6 Å². The highest BCUT2D eigenvalue weighted by Gasteiger charge is 2.26. The summed E-state index contributed by atoms with van der Waals surface area (Å²) < 4.78 is 33.1. The number of hydrogen-bond acceptors (Lipinski definition) is 8. The van der Waals surface area contributed by atoms with Crippen molar-refractivity contribution in [2.75, 3.05) is 33.0 Å². The van der Waals surface area contributed by atoms with Crippen LogP contribution in [0.25, 0.3) is 0 Å². The second-order valence-electron chi connectivity index (χ2n) is 12.9. The third kappa shape index (κ3) is 39.2. The van der Waals surface area contributed by atoms with Crippen molar-refractivity contribution in [3.63, 3.8) is 0 Å². The number of carbonyl (C=O) groups is 1. The molecule has 9 nitrogen and oxygen atoms in total. The lowest BCUT2D eigenvalue weighted by molar-refractivity contribution is -0.153. The van der Waals surface area contributed by atoms with Gasteiger partial charge in [0.25, 0.3) is 0 Å².